The fraction of sp³-hybridized carbons (Fsp3) is 0.273. The predicted octanol–water partition coefficient (Wildman–Crippen LogP) is 2.31. The van der Waals surface area contributed by atoms with Crippen molar-refractivity contribution in [2.45, 2.75) is 32.9 Å². The zero-order chi connectivity index (χ0) is 22.1. The quantitative estimate of drug-likeness (QED) is 0.762. The van der Waals surface area contributed by atoms with Gasteiger partial charge in [-0.1, -0.05) is 60.7 Å². The molecule has 0 aliphatic carbocycles. The van der Waals surface area contributed by atoms with Crippen molar-refractivity contribution in [3.8, 4) is 0 Å². The Kier molecular flexibility index (Phi) is 5.72. The number of nitrogens with two attached hydrogens (primary N) is 1. The van der Waals surface area contributed by atoms with Crippen LogP contribution in [0.15, 0.2) is 66.4 Å². The van der Waals surface area contributed by atoms with Gasteiger partial charge in [-0.2, -0.15) is 0 Å². The lowest BCUT2D eigenvalue weighted by Crippen LogP contribution is -2.47. The van der Waals surface area contributed by atoms with Crippen molar-refractivity contribution in [2.24, 2.45) is 5.73 Å². The van der Waals surface area contributed by atoms with Crippen LogP contribution in [0.25, 0.3) is 4.91 Å². The van der Waals surface area contributed by atoms with Gasteiger partial charge in [0, 0.05) is 6.54 Å². The molecule has 2 amide bonds. The van der Waals surface area contributed by atoms with E-state index in [1.54, 1.807) is 51.1 Å². The minimum atomic E-state index is -4.14. The summed E-state index contributed by atoms with van der Waals surface area (Å²) in [5, 5.41) is 0. The first-order valence-electron chi connectivity index (χ1n) is 9.50. The number of amides is 2. The first-order valence-corrected chi connectivity index (χ1v) is 10.9. The average molecular weight is 428 g/mol. The fourth-order valence-corrected chi connectivity index (χ4v) is 5.64. The van der Waals surface area contributed by atoms with Gasteiger partial charge in [-0.05, 0) is 31.9 Å². The van der Waals surface area contributed by atoms with E-state index in [-0.39, 0.29) is 23.7 Å². The number of carbonyl (C=O) groups excluding carboxylic acids is 2. The van der Waals surface area contributed by atoms with Crippen LogP contribution in [0.4, 0.5) is 0 Å². The molecule has 30 heavy (non-hydrogen) atoms. The standard InChI is InChI=1S/C22H25N3O4S/c1-22(2,3)25-21(27)19(20(30(25,28)29)17-12-8-5-9-13-17)24(15-18(23)26)14-16-10-6-4-7-11-16/h4-13H,14-15H2,1-3H3,(H2,23,26). The number of carbonyl (C=O) groups is 2. The zero-order valence-electron chi connectivity index (χ0n) is 17.2. The van der Waals surface area contributed by atoms with Gasteiger partial charge in [0.05, 0.1) is 12.1 Å². The van der Waals surface area contributed by atoms with E-state index in [1.165, 1.54) is 4.90 Å². The number of sulfonamides is 1. The van der Waals surface area contributed by atoms with Gasteiger partial charge in [0.1, 0.15) is 10.6 Å². The van der Waals surface area contributed by atoms with Crippen LogP contribution in [0, 0.1) is 0 Å². The highest BCUT2D eigenvalue weighted by Crippen LogP contribution is 2.41. The van der Waals surface area contributed by atoms with Crippen molar-refractivity contribution in [1.29, 1.82) is 0 Å². The molecule has 0 unspecified atom stereocenters. The van der Waals surface area contributed by atoms with Crippen molar-refractivity contribution in [3.05, 3.63) is 77.5 Å². The van der Waals surface area contributed by atoms with Gasteiger partial charge in [0.2, 0.25) is 5.91 Å². The summed E-state index contributed by atoms with van der Waals surface area (Å²) in [6, 6.07) is 17.6. The number of nitrogens with zero attached hydrogens (tertiary/aromatic N) is 2. The van der Waals surface area contributed by atoms with Gasteiger partial charge in [-0.25, -0.2) is 12.7 Å². The summed E-state index contributed by atoms with van der Waals surface area (Å²) in [6.45, 7) is 4.84. The second kappa shape index (κ2) is 7.95. The Bertz CT molecular complexity index is 1090. The molecule has 0 atom stereocenters. The molecule has 0 bridgehead atoms. The summed E-state index contributed by atoms with van der Waals surface area (Å²) in [5.74, 6) is -1.33. The predicted molar refractivity (Wildman–Crippen MR) is 115 cm³/mol. The van der Waals surface area contributed by atoms with E-state index in [0.717, 1.165) is 9.87 Å². The zero-order valence-corrected chi connectivity index (χ0v) is 18.0. The van der Waals surface area contributed by atoms with Crippen LogP contribution in [0.5, 0.6) is 0 Å². The maximum atomic E-state index is 13.5. The van der Waals surface area contributed by atoms with Crippen LogP contribution in [-0.2, 0) is 26.2 Å². The Hall–Kier alpha value is -3.13. The third kappa shape index (κ3) is 4.09. The number of hydrogen-bond donors (Lipinski definition) is 1. The molecular weight excluding hydrogens is 402 g/mol. The number of hydrogen-bond acceptors (Lipinski definition) is 5. The minimum absolute atomic E-state index is 0.0428. The summed E-state index contributed by atoms with van der Waals surface area (Å²) < 4.78 is 27.9. The highest BCUT2D eigenvalue weighted by Gasteiger charge is 2.51. The van der Waals surface area contributed by atoms with Gasteiger partial charge >= 0.3 is 0 Å². The van der Waals surface area contributed by atoms with Gasteiger partial charge in [-0.3, -0.25) is 9.59 Å². The Labute approximate surface area is 176 Å². The lowest BCUT2D eigenvalue weighted by atomic mass is 10.1. The molecule has 0 radical (unpaired) electrons. The molecule has 8 heteroatoms. The molecular formula is C22H25N3O4S. The third-order valence-electron chi connectivity index (χ3n) is 4.62. The topological polar surface area (TPSA) is 101 Å². The second-order valence-corrected chi connectivity index (χ2v) is 9.82. The molecule has 0 spiro atoms. The van der Waals surface area contributed by atoms with Crippen molar-refractivity contribution in [1.82, 2.24) is 9.21 Å². The van der Waals surface area contributed by atoms with E-state index in [9.17, 15) is 18.0 Å². The molecule has 3 rings (SSSR count). The number of benzene rings is 2. The van der Waals surface area contributed by atoms with Crippen molar-refractivity contribution in [3.63, 3.8) is 0 Å². The smallest absolute Gasteiger partial charge is 0.285 e. The van der Waals surface area contributed by atoms with Crippen LogP contribution in [0.3, 0.4) is 0 Å². The van der Waals surface area contributed by atoms with E-state index in [1.807, 2.05) is 30.3 Å². The van der Waals surface area contributed by atoms with Gasteiger partial charge in [0.25, 0.3) is 15.9 Å². The normalized spacial score (nSPS) is 16.1. The van der Waals surface area contributed by atoms with Crippen LogP contribution in [0.1, 0.15) is 31.9 Å². The van der Waals surface area contributed by atoms with Crippen molar-refractivity contribution < 1.29 is 18.0 Å². The molecule has 1 aliphatic rings. The second-order valence-electron chi connectivity index (χ2n) is 8.10. The highest BCUT2D eigenvalue weighted by molar-refractivity contribution is 7.99. The van der Waals surface area contributed by atoms with Crippen LogP contribution in [-0.4, -0.2) is 41.5 Å². The number of rotatable bonds is 6. The maximum Gasteiger partial charge on any atom is 0.285 e. The molecule has 0 saturated carbocycles. The highest BCUT2D eigenvalue weighted by atomic mass is 32.2. The summed E-state index contributed by atoms with van der Waals surface area (Å²) in [5.41, 5.74) is 5.63. The molecule has 1 heterocycles. The summed E-state index contributed by atoms with van der Waals surface area (Å²) in [6.07, 6.45) is 0. The molecule has 2 N–H and O–H groups in total. The van der Waals surface area contributed by atoms with Crippen LogP contribution >= 0.6 is 0 Å². The van der Waals surface area contributed by atoms with E-state index in [4.69, 9.17) is 5.73 Å². The lowest BCUT2D eigenvalue weighted by Gasteiger charge is -2.31. The Morgan fingerprint density at radius 1 is 1.00 bits per heavy atom. The van der Waals surface area contributed by atoms with Gasteiger partial charge in [-0.15, -0.1) is 0 Å². The summed E-state index contributed by atoms with van der Waals surface area (Å²) >= 11 is 0. The van der Waals surface area contributed by atoms with Crippen molar-refractivity contribution >= 4 is 26.7 Å². The van der Waals surface area contributed by atoms with Crippen LogP contribution < -0.4 is 5.73 Å². The fourth-order valence-electron chi connectivity index (χ4n) is 3.54. The molecule has 7 nitrogen and oxygen atoms in total. The third-order valence-corrected chi connectivity index (χ3v) is 6.76. The van der Waals surface area contributed by atoms with Gasteiger partial charge in [0.15, 0.2) is 0 Å². The first-order chi connectivity index (χ1) is 14.0. The largest absolute Gasteiger partial charge is 0.368 e. The maximum absolute atomic E-state index is 13.5. The number of primary amides is 1. The Balaban J connectivity index is 2.25. The first kappa shape index (κ1) is 21.6. The molecule has 158 valence electrons. The van der Waals surface area contributed by atoms with E-state index >= 15 is 0 Å². The van der Waals surface area contributed by atoms with E-state index in [2.05, 4.69) is 0 Å². The van der Waals surface area contributed by atoms with Gasteiger partial charge < -0.3 is 10.6 Å². The molecule has 0 saturated heterocycles. The molecule has 2 aromatic carbocycles. The Morgan fingerprint density at radius 2 is 1.53 bits per heavy atom. The molecule has 2 aromatic rings. The van der Waals surface area contributed by atoms with E-state index in [0.29, 0.717) is 5.56 Å². The SMILES string of the molecule is CC(C)(C)N1C(=O)C(N(CC(N)=O)Cc2ccccc2)=C(c2ccccc2)S1(=O)=O. The minimum Gasteiger partial charge on any atom is -0.368 e. The monoisotopic (exact) mass is 427 g/mol. The molecule has 1 aliphatic heterocycles. The van der Waals surface area contributed by atoms with Crippen molar-refractivity contribution in [2.75, 3.05) is 6.54 Å². The lowest BCUT2D eigenvalue weighted by molar-refractivity contribution is -0.127. The summed E-state index contributed by atoms with van der Waals surface area (Å²) in [7, 11) is -4.14. The summed E-state index contributed by atoms with van der Waals surface area (Å²) in [4.78, 5) is 26.6. The van der Waals surface area contributed by atoms with E-state index < -0.39 is 27.4 Å². The average Bonchev–Trinajstić information content (AvgIpc) is 2.87. The Morgan fingerprint density at radius 3 is 2.03 bits per heavy atom. The van der Waals surface area contributed by atoms with Crippen LogP contribution in [0.2, 0.25) is 0 Å². The molecule has 0 fully saturated rings. The molecule has 0 aromatic heterocycles.